The number of hydrogen-bond acceptors (Lipinski definition) is 10. The molecule has 1 aliphatic rings. The number of carbonyl (C=O) groups is 3. The van der Waals surface area contributed by atoms with Crippen molar-refractivity contribution in [2.75, 3.05) is 20.3 Å². The maximum Gasteiger partial charge on any atom is 0.338 e. The zero-order valence-electron chi connectivity index (χ0n) is 25.0. The number of allylic oxidation sites excluding steroid dienone is 1. The highest BCUT2D eigenvalue weighted by Gasteiger charge is 2.32. The van der Waals surface area contributed by atoms with E-state index >= 15 is 0 Å². The lowest BCUT2D eigenvalue weighted by Crippen LogP contribution is -2.45. The average molecular weight is 652 g/mol. The molecule has 1 heterocycles. The number of amides is 3. The molecule has 1 atom stereocenters. The van der Waals surface area contributed by atoms with Crippen molar-refractivity contribution in [1.29, 1.82) is 0 Å². The van der Waals surface area contributed by atoms with Gasteiger partial charge in [0.25, 0.3) is 11.6 Å². The number of hydrogen-bond donors (Lipinski definition) is 3. The van der Waals surface area contributed by atoms with Crippen LogP contribution >= 0.6 is 11.6 Å². The van der Waals surface area contributed by atoms with Gasteiger partial charge in [-0.2, -0.15) is 5.10 Å². The molecule has 15 heteroatoms. The normalized spacial score (nSPS) is 14.3. The smallest absolute Gasteiger partial charge is 0.338 e. The van der Waals surface area contributed by atoms with Crippen molar-refractivity contribution in [1.82, 2.24) is 16.1 Å². The van der Waals surface area contributed by atoms with Gasteiger partial charge in [-0.25, -0.2) is 15.0 Å². The Labute approximate surface area is 268 Å². The van der Waals surface area contributed by atoms with Crippen molar-refractivity contribution < 1.29 is 38.3 Å². The Balaban J connectivity index is 1.38. The number of carbonyl (C=O) groups excluding carboxylic acids is 3. The number of methoxy groups -OCH3 is 1. The number of benzene rings is 3. The Bertz CT molecular complexity index is 1690. The zero-order valence-corrected chi connectivity index (χ0v) is 25.8. The van der Waals surface area contributed by atoms with Gasteiger partial charge in [-0.05, 0) is 67.4 Å². The number of nitro groups is 1. The molecule has 0 saturated carbocycles. The molecular weight excluding hydrogens is 622 g/mol. The second kappa shape index (κ2) is 15.4. The summed E-state index contributed by atoms with van der Waals surface area (Å²) in [5, 5.41) is 20.5. The molecule has 0 fully saturated rings. The predicted molar refractivity (Wildman–Crippen MR) is 167 cm³/mol. The third-order valence-corrected chi connectivity index (χ3v) is 6.79. The highest BCUT2D eigenvalue weighted by atomic mass is 35.5. The first-order chi connectivity index (χ1) is 22.1. The number of ether oxygens (including phenoxy) is 4. The number of nitrogens with zero attached hydrogens (tertiary/aromatic N) is 2. The van der Waals surface area contributed by atoms with E-state index in [4.69, 9.17) is 30.5 Å². The van der Waals surface area contributed by atoms with E-state index in [1.165, 1.54) is 25.5 Å². The first kappa shape index (κ1) is 33.3. The topological polar surface area (TPSA) is 180 Å². The van der Waals surface area contributed by atoms with Crippen LogP contribution in [0.1, 0.15) is 36.6 Å². The first-order valence-corrected chi connectivity index (χ1v) is 14.2. The molecule has 46 heavy (non-hydrogen) atoms. The molecule has 0 bridgehead atoms. The lowest BCUT2D eigenvalue weighted by Gasteiger charge is -2.28. The molecule has 0 radical (unpaired) electrons. The van der Waals surface area contributed by atoms with Gasteiger partial charge in [0, 0.05) is 28.4 Å². The van der Waals surface area contributed by atoms with Crippen LogP contribution in [0.15, 0.2) is 77.0 Å². The number of urea groups is 1. The van der Waals surface area contributed by atoms with Crippen LogP contribution in [0.25, 0.3) is 0 Å². The second-order valence-electron chi connectivity index (χ2n) is 9.68. The van der Waals surface area contributed by atoms with Gasteiger partial charge >= 0.3 is 12.0 Å². The summed E-state index contributed by atoms with van der Waals surface area (Å²) in [7, 11) is 1.41. The summed E-state index contributed by atoms with van der Waals surface area (Å²) in [6, 6.07) is 14.3. The maximum absolute atomic E-state index is 12.6. The summed E-state index contributed by atoms with van der Waals surface area (Å²) >= 11 is 6.13. The van der Waals surface area contributed by atoms with E-state index in [1.807, 2.05) is 0 Å². The fourth-order valence-electron chi connectivity index (χ4n) is 4.38. The van der Waals surface area contributed by atoms with Gasteiger partial charge in [0.2, 0.25) is 0 Å². The fraction of sp³-hybridized carbons (Fsp3) is 0.226. The van der Waals surface area contributed by atoms with Gasteiger partial charge in [-0.3, -0.25) is 14.9 Å². The number of nitro benzene ring substituents is 1. The number of esters is 1. The molecule has 0 aliphatic carbocycles. The van der Waals surface area contributed by atoms with Gasteiger partial charge in [0.05, 0.1) is 36.5 Å². The molecule has 3 aromatic carbocycles. The maximum atomic E-state index is 12.6. The Morgan fingerprint density at radius 1 is 1.07 bits per heavy atom. The van der Waals surface area contributed by atoms with Crippen LogP contribution in [-0.2, 0) is 20.9 Å². The summed E-state index contributed by atoms with van der Waals surface area (Å²) in [6.45, 7) is 3.17. The summed E-state index contributed by atoms with van der Waals surface area (Å²) in [5.74, 6) is -0.235. The van der Waals surface area contributed by atoms with Crippen LogP contribution in [0.3, 0.4) is 0 Å². The van der Waals surface area contributed by atoms with Crippen molar-refractivity contribution in [2.45, 2.75) is 26.5 Å². The fourth-order valence-corrected chi connectivity index (χ4v) is 4.56. The number of rotatable bonds is 13. The molecule has 3 aromatic rings. The molecule has 3 amide bonds. The first-order valence-electron chi connectivity index (χ1n) is 13.8. The standard InChI is InChI=1S/C31H30ClN5O9/c1-4-44-30(39)28-18(2)34-31(40)35-29(28)20-7-11-25(26(14-20)43-3)46-17-27(38)36-33-15-21-13-22(32)8-12-24(21)45-16-19-5-9-23(10-6-19)37(41)42/h5-15,29H,4,16-17H2,1-3H3,(H,36,38)(H2,34,35,40)/b33-15+/t29-/m0/s1. The largest absolute Gasteiger partial charge is 0.493 e. The third-order valence-electron chi connectivity index (χ3n) is 6.55. The zero-order chi connectivity index (χ0) is 33.2. The molecular formula is C31H30ClN5O9. The van der Waals surface area contributed by atoms with Crippen LogP contribution in [0.5, 0.6) is 17.2 Å². The molecule has 0 unspecified atom stereocenters. The van der Waals surface area contributed by atoms with E-state index < -0.39 is 35.5 Å². The molecule has 0 aromatic heterocycles. The van der Waals surface area contributed by atoms with Crippen molar-refractivity contribution >= 4 is 41.4 Å². The summed E-state index contributed by atoms with van der Waals surface area (Å²) in [6.07, 6.45) is 1.36. The molecule has 0 spiro atoms. The molecule has 3 N–H and O–H groups in total. The predicted octanol–water partition coefficient (Wildman–Crippen LogP) is 4.56. The lowest BCUT2D eigenvalue weighted by molar-refractivity contribution is -0.384. The van der Waals surface area contributed by atoms with Gasteiger partial charge in [-0.1, -0.05) is 17.7 Å². The highest BCUT2D eigenvalue weighted by molar-refractivity contribution is 6.30. The number of hydrazone groups is 1. The van der Waals surface area contributed by atoms with E-state index in [1.54, 1.807) is 62.4 Å². The van der Waals surface area contributed by atoms with Gasteiger partial charge in [-0.15, -0.1) is 0 Å². The molecule has 0 saturated heterocycles. The number of nitrogens with one attached hydrogen (secondary N) is 3. The Hall–Kier alpha value is -5.63. The molecule has 4 rings (SSSR count). The summed E-state index contributed by atoms with van der Waals surface area (Å²) in [4.78, 5) is 47.7. The van der Waals surface area contributed by atoms with Crippen LogP contribution < -0.4 is 30.3 Å². The van der Waals surface area contributed by atoms with Crippen LogP contribution in [0.4, 0.5) is 10.5 Å². The van der Waals surface area contributed by atoms with Gasteiger partial charge in [0.1, 0.15) is 12.4 Å². The summed E-state index contributed by atoms with van der Waals surface area (Å²) < 4.78 is 22.1. The van der Waals surface area contributed by atoms with Gasteiger partial charge in [0.15, 0.2) is 18.1 Å². The number of non-ortho nitro benzene ring substituents is 1. The van der Waals surface area contributed by atoms with Gasteiger partial charge < -0.3 is 29.6 Å². The highest BCUT2D eigenvalue weighted by Crippen LogP contribution is 2.34. The second-order valence-corrected chi connectivity index (χ2v) is 10.1. The van der Waals surface area contributed by atoms with Crippen molar-refractivity contribution in [3.63, 3.8) is 0 Å². The van der Waals surface area contributed by atoms with Crippen LogP contribution in [-0.4, -0.2) is 49.4 Å². The van der Waals surface area contributed by atoms with Crippen molar-refractivity contribution in [2.24, 2.45) is 5.10 Å². The average Bonchev–Trinajstić information content (AvgIpc) is 3.03. The summed E-state index contributed by atoms with van der Waals surface area (Å²) in [5.41, 5.74) is 4.67. The minimum absolute atomic E-state index is 0.0254. The van der Waals surface area contributed by atoms with E-state index in [9.17, 15) is 24.5 Å². The van der Waals surface area contributed by atoms with Crippen molar-refractivity contribution in [3.05, 3.63) is 104 Å². The van der Waals surface area contributed by atoms with Crippen molar-refractivity contribution in [3.8, 4) is 17.2 Å². The minimum atomic E-state index is -0.803. The van der Waals surface area contributed by atoms with E-state index in [2.05, 4.69) is 21.2 Å². The SMILES string of the molecule is CCOC(=O)C1=C(C)NC(=O)N[C@H]1c1ccc(OCC(=O)N/N=C/c2cc(Cl)ccc2OCc2ccc([N+](=O)[O-])cc2)c(OC)c1. The lowest BCUT2D eigenvalue weighted by atomic mass is 9.95. The quantitative estimate of drug-likeness (QED) is 0.103. The Morgan fingerprint density at radius 2 is 1.80 bits per heavy atom. The van der Waals surface area contributed by atoms with E-state index in [-0.39, 0.29) is 36.0 Å². The Kier molecular flexibility index (Phi) is 11.1. The Morgan fingerprint density at radius 3 is 2.50 bits per heavy atom. The van der Waals surface area contributed by atoms with E-state index in [0.717, 1.165) is 0 Å². The number of halogens is 1. The monoisotopic (exact) mass is 651 g/mol. The molecule has 240 valence electrons. The molecule has 1 aliphatic heterocycles. The minimum Gasteiger partial charge on any atom is -0.493 e. The van der Waals surface area contributed by atoms with Crippen LogP contribution in [0, 0.1) is 10.1 Å². The van der Waals surface area contributed by atoms with E-state index in [0.29, 0.717) is 33.2 Å². The van der Waals surface area contributed by atoms with Crippen LogP contribution in [0.2, 0.25) is 5.02 Å². The molecule has 14 nitrogen and oxygen atoms in total. The third kappa shape index (κ3) is 8.51.